The van der Waals surface area contributed by atoms with E-state index in [1.165, 1.54) is 6.07 Å². The van der Waals surface area contributed by atoms with Crippen LogP contribution in [0.3, 0.4) is 0 Å². The minimum atomic E-state index is -1.06. The topological polar surface area (TPSA) is 26.0 Å². The molecule has 0 amide bonds. The molecule has 5 heteroatoms. The number of hydrogen-bond donors (Lipinski definition) is 1. The van der Waals surface area contributed by atoms with Crippen LogP contribution in [0.1, 0.15) is 11.6 Å². The van der Waals surface area contributed by atoms with E-state index >= 15 is 0 Å². The van der Waals surface area contributed by atoms with Crippen LogP contribution >= 0.6 is 23.2 Å². The highest BCUT2D eigenvalue weighted by Crippen LogP contribution is 2.31. The second-order valence-electron chi connectivity index (χ2n) is 2.52. The first-order valence-corrected chi connectivity index (χ1v) is 4.28. The summed E-state index contributed by atoms with van der Waals surface area (Å²) in [7, 11) is 0. The molecule has 0 aliphatic heterocycles. The Morgan fingerprint density at radius 2 is 2.00 bits per heavy atom. The number of rotatable bonds is 2. The molecule has 0 saturated carbocycles. The summed E-state index contributed by atoms with van der Waals surface area (Å²) >= 11 is 11.3. The molecule has 0 fully saturated rings. The van der Waals surface area contributed by atoms with E-state index in [1.54, 1.807) is 0 Å². The fourth-order valence-corrected chi connectivity index (χ4v) is 1.42. The van der Waals surface area contributed by atoms with Crippen LogP contribution in [0.4, 0.5) is 8.78 Å². The summed E-state index contributed by atoms with van der Waals surface area (Å²) in [6, 6.07) is 1.35. The highest BCUT2D eigenvalue weighted by molar-refractivity contribution is 6.42. The van der Waals surface area contributed by atoms with Gasteiger partial charge in [-0.1, -0.05) is 23.2 Å². The number of alkyl halides is 1. The van der Waals surface area contributed by atoms with Crippen LogP contribution < -0.4 is 5.73 Å². The lowest BCUT2D eigenvalue weighted by atomic mass is 10.1. The first kappa shape index (κ1) is 10.7. The molecular formula is C8H7Cl2F2N. The van der Waals surface area contributed by atoms with Crippen molar-refractivity contribution in [3.05, 3.63) is 33.6 Å². The Kier molecular flexibility index (Phi) is 3.47. The van der Waals surface area contributed by atoms with E-state index in [9.17, 15) is 8.78 Å². The molecule has 2 N–H and O–H groups in total. The monoisotopic (exact) mass is 225 g/mol. The molecule has 0 unspecified atom stereocenters. The normalized spacial score (nSPS) is 13.0. The fraction of sp³-hybridized carbons (Fsp3) is 0.250. The summed E-state index contributed by atoms with van der Waals surface area (Å²) in [5, 5.41) is 0.147. The average molecular weight is 226 g/mol. The summed E-state index contributed by atoms with van der Waals surface area (Å²) in [5.74, 6) is -0.639. The van der Waals surface area contributed by atoms with Crippen LogP contribution in [0.2, 0.25) is 10.0 Å². The van der Waals surface area contributed by atoms with E-state index < -0.39 is 18.5 Å². The minimum Gasteiger partial charge on any atom is -0.322 e. The maximum Gasteiger partial charge on any atom is 0.129 e. The fourth-order valence-electron chi connectivity index (χ4n) is 0.960. The van der Waals surface area contributed by atoms with E-state index in [0.717, 1.165) is 6.07 Å². The van der Waals surface area contributed by atoms with E-state index in [2.05, 4.69) is 0 Å². The number of benzene rings is 1. The van der Waals surface area contributed by atoms with Crippen molar-refractivity contribution in [1.29, 1.82) is 0 Å². The number of nitrogens with two attached hydrogens (primary N) is 1. The van der Waals surface area contributed by atoms with Crippen LogP contribution in [0.5, 0.6) is 0 Å². The molecule has 1 nitrogen and oxygen atoms in total. The van der Waals surface area contributed by atoms with Gasteiger partial charge in [0.1, 0.15) is 12.5 Å². The van der Waals surface area contributed by atoms with Crippen molar-refractivity contribution in [3.8, 4) is 0 Å². The molecule has 0 spiro atoms. The maximum absolute atomic E-state index is 13.1. The van der Waals surface area contributed by atoms with Gasteiger partial charge in [0.05, 0.1) is 16.1 Å². The zero-order valence-corrected chi connectivity index (χ0v) is 8.04. The van der Waals surface area contributed by atoms with Gasteiger partial charge in [0.25, 0.3) is 0 Å². The summed E-state index contributed by atoms with van der Waals surface area (Å²) in [5.41, 5.74) is 5.23. The summed E-state index contributed by atoms with van der Waals surface area (Å²) < 4.78 is 25.2. The van der Waals surface area contributed by atoms with Gasteiger partial charge < -0.3 is 5.73 Å². The predicted molar refractivity (Wildman–Crippen MR) is 49.3 cm³/mol. The average Bonchev–Trinajstić information content (AvgIpc) is 2.12. The Morgan fingerprint density at radius 1 is 1.38 bits per heavy atom. The standard InChI is InChI=1S/C8H7Cl2F2N/c9-4-1-2-5(12)7(8(4)10)6(13)3-11/h1-2,6H,3,13H2/t6-/m1/s1. The molecular weight excluding hydrogens is 219 g/mol. The zero-order valence-electron chi connectivity index (χ0n) is 6.53. The quantitative estimate of drug-likeness (QED) is 0.770. The molecule has 0 saturated heterocycles. The van der Waals surface area contributed by atoms with Crippen LogP contribution in [-0.2, 0) is 0 Å². The van der Waals surface area contributed by atoms with Crippen molar-refractivity contribution < 1.29 is 8.78 Å². The SMILES string of the molecule is N[C@H](CF)c1c(F)ccc(Cl)c1Cl. The first-order valence-electron chi connectivity index (χ1n) is 3.53. The van der Waals surface area contributed by atoms with Gasteiger partial charge in [-0.2, -0.15) is 0 Å². The molecule has 0 bridgehead atoms. The second-order valence-corrected chi connectivity index (χ2v) is 3.30. The molecule has 72 valence electrons. The van der Waals surface area contributed by atoms with Crippen molar-refractivity contribution in [1.82, 2.24) is 0 Å². The highest BCUT2D eigenvalue weighted by atomic mass is 35.5. The minimum absolute atomic E-state index is 0.0215. The Hall–Kier alpha value is -0.380. The van der Waals surface area contributed by atoms with E-state index in [1.807, 2.05) is 0 Å². The smallest absolute Gasteiger partial charge is 0.129 e. The van der Waals surface area contributed by atoms with E-state index in [4.69, 9.17) is 28.9 Å². The molecule has 1 rings (SSSR count). The van der Waals surface area contributed by atoms with Crippen LogP contribution in [0, 0.1) is 5.82 Å². The summed E-state index contributed by atoms with van der Waals surface area (Å²) in [6.45, 7) is -0.878. The lowest BCUT2D eigenvalue weighted by molar-refractivity contribution is 0.427. The van der Waals surface area contributed by atoms with Gasteiger partial charge in [-0.05, 0) is 12.1 Å². The lowest BCUT2D eigenvalue weighted by Crippen LogP contribution is -2.14. The van der Waals surface area contributed by atoms with Gasteiger partial charge in [0.2, 0.25) is 0 Å². The van der Waals surface area contributed by atoms with Crippen LogP contribution in [-0.4, -0.2) is 6.67 Å². The van der Waals surface area contributed by atoms with E-state index in [-0.39, 0.29) is 15.6 Å². The van der Waals surface area contributed by atoms with E-state index in [0.29, 0.717) is 0 Å². The van der Waals surface area contributed by atoms with Gasteiger partial charge in [0, 0.05) is 5.56 Å². The third-order valence-electron chi connectivity index (χ3n) is 1.62. The Labute approximate surface area is 84.4 Å². The lowest BCUT2D eigenvalue weighted by Gasteiger charge is -2.11. The van der Waals surface area contributed by atoms with Crippen molar-refractivity contribution in [3.63, 3.8) is 0 Å². The van der Waals surface area contributed by atoms with Gasteiger partial charge in [0.15, 0.2) is 0 Å². The third-order valence-corrected chi connectivity index (χ3v) is 2.44. The van der Waals surface area contributed by atoms with Crippen LogP contribution in [0.25, 0.3) is 0 Å². The van der Waals surface area contributed by atoms with Gasteiger partial charge in [-0.15, -0.1) is 0 Å². The van der Waals surface area contributed by atoms with Gasteiger partial charge in [-0.25, -0.2) is 8.78 Å². The molecule has 0 aliphatic carbocycles. The van der Waals surface area contributed by atoms with Gasteiger partial charge >= 0.3 is 0 Å². The Bertz CT molecular complexity index is 317. The van der Waals surface area contributed by atoms with Crippen LogP contribution in [0.15, 0.2) is 12.1 Å². The maximum atomic E-state index is 13.1. The molecule has 0 aliphatic rings. The largest absolute Gasteiger partial charge is 0.322 e. The summed E-state index contributed by atoms with van der Waals surface area (Å²) in [6.07, 6.45) is 0. The number of hydrogen-bond acceptors (Lipinski definition) is 1. The highest BCUT2D eigenvalue weighted by Gasteiger charge is 2.17. The zero-order chi connectivity index (χ0) is 10.0. The molecule has 1 aromatic rings. The molecule has 1 atom stereocenters. The second kappa shape index (κ2) is 4.22. The predicted octanol–water partition coefficient (Wildman–Crippen LogP) is 3.10. The Morgan fingerprint density at radius 3 is 2.54 bits per heavy atom. The van der Waals surface area contributed by atoms with Gasteiger partial charge in [-0.3, -0.25) is 0 Å². The molecule has 0 aromatic heterocycles. The molecule has 1 aromatic carbocycles. The van der Waals surface area contributed by atoms with Crippen molar-refractivity contribution in [2.75, 3.05) is 6.67 Å². The first-order chi connectivity index (χ1) is 6.07. The summed E-state index contributed by atoms with van der Waals surface area (Å²) in [4.78, 5) is 0. The van der Waals surface area contributed by atoms with Crippen molar-refractivity contribution in [2.24, 2.45) is 5.73 Å². The molecule has 0 heterocycles. The van der Waals surface area contributed by atoms with Crippen molar-refractivity contribution in [2.45, 2.75) is 6.04 Å². The molecule has 0 radical (unpaired) electrons. The molecule has 13 heavy (non-hydrogen) atoms. The Balaban J connectivity index is 3.25. The number of halogens is 4. The third kappa shape index (κ3) is 2.10. The van der Waals surface area contributed by atoms with Crippen molar-refractivity contribution >= 4 is 23.2 Å².